The minimum atomic E-state index is -0.870. The number of rotatable bonds is 5. The van der Waals surface area contributed by atoms with Gasteiger partial charge in [0.15, 0.2) is 0 Å². The van der Waals surface area contributed by atoms with Gasteiger partial charge >= 0.3 is 12.0 Å². The zero-order chi connectivity index (χ0) is 18.5. The van der Waals surface area contributed by atoms with E-state index < -0.39 is 5.97 Å². The first-order valence-corrected chi connectivity index (χ1v) is 9.21. The van der Waals surface area contributed by atoms with Gasteiger partial charge in [-0.1, -0.05) is 6.07 Å². The molecule has 2 aliphatic rings. The van der Waals surface area contributed by atoms with Crippen LogP contribution in [0.3, 0.4) is 0 Å². The first kappa shape index (κ1) is 18.7. The van der Waals surface area contributed by atoms with Gasteiger partial charge in [0.25, 0.3) is 0 Å². The number of nitrogens with one attached hydrogen (secondary N) is 1. The van der Waals surface area contributed by atoms with Crippen LogP contribution >= 0.6 is 0 Å². The van der Waals surface area contributed by atoms with Gasteiger partial charge in [0.05, 0.1) is 19.3 Å². The first-order valence-electron chi connectivity index (χ1n) is 9.21. The average molecular weight is 361 g/mol. The maximum Gasteiger partial charge on any atom is 0.322 e. The predicted molar refractivity (Wildman–Crippen MR) is 98.5 cm³/mol. The Hall–Kier alpha value is -2.12. The molecule has 1 heterocycles. The van der Waals surface area contributed by atoms with Crippen molar-refractivity contribution in [3.63, 3.8) is 0 Å². The van der Waals surface area contributed by atoms with E-state index in [0.717, 1.165) is 18.5 Å². The average Bonchev–Trinajstić information content (AvgIpc) is 2.61. The summed E-state index contributed by atoms with van der Waals surface area (Å²) >= 11 is 0. The highest BCUT2D eigenvalue weighted by Gasteiger charge is 2.25. The van der Waals surface area contributed by atoms with Crippen LogP contribution in [0.4, 0.5) is 10.5 Å². The van der Waals surface area contributed by atoms with Gasteiger partial charge in [-0.2, -0.15) is 0 Å². The number of carbonyl (C=O) groups excluding carboxylic acids is 1. The monoisotopic (exact) mass is 361 g/mol. The number of urea groups is 1. The highest BCUT2D eigenvalue weighted by Crippen LogP contribution is 2.24. The minimum Gasteiger partial charge on any atom is -0.480 e. The summed E-state index contributed by atoms with van der Waals surface area (Å²) in [5, 5.41) is 11.8. The molecule has 0 spiro atoms. The zero-order valence-electron chi connectivity index (χ0n) is 15.2. The highest BCUT2D eigenvalue weighted by molar-refractivity contribution is 5.89. The molecule has 0 aromatic heterocycles. The highest BCUT2D eigenvalue weighted by atomic mass is 16.5. The summed E-state index contributed by atoms with van der Waals surface area (Å²) < 4.78 is 5.68. The molecule has 1 atom stereocenters. The van der Waals surface area contributed by atoms with E-state index in [0.29, 0.717) is 26.2 Å². The van der Waals surface area contributed by atoms with Crippen LogP contribution in [0.15, 0.2) is 18.2 Å². The molecule has 0 bridgehead atoms. The van der Waals surface area contributed by atoms with Crippen LogP contribution < -0.4 is 5.32 Å². The van der Waals surface area contributed by atoms with E-state index in [2.05, 4.69) is 17.4 Å². The molecule has 2 amide bonds. The van der Waals surface area contributed by atoms with Crippen molar-refractivity contribution in [2.75, 3.05) is 45.2 Å². The molecule has 26 heavy (non-hydrogen) atoms. The van der Waals surface area contributed by atoms with Gasteiger partial charge < -0.3 is 20.1 Å². The number of likely N-dealkylation sites (N-methyl/N-ethyl adjacent to an activating group) is 1. The van der Waals surface area contributed by atoms with Crippen molar-refractivity contribution in [2.45, 2.75) is 31.8 Å². The Morgan fingerprint density at radius 1 is 1.31 bits per heavy atom. The summed E-state index contributed by atoms with van der Waals surface area (Å²) in [5.41, 5.74) is 3.56. The Balaban J connectivity index is 1.55. The molecule has 7 nitrogen and oxygen atoms in total. The Kier molecular flexibility index (Phi) is 6.11. The van der Waals surface area contributed by atoms with E-state index in [1.54, 1.807) is 16.8 Å². The fourth-order valence-electron chi connectivity index (χ4n) is 3.67. The first-order chi connectivity index (χ1) is 12.5. The lowest BCUT2D eigenvalue weighted by molar-refractivity contribution is -0.138. The van der Waals surface area contributed by atoms with E-state index in [-0.39, 0.29) is 18.7 Å². The molecule has 1 aliphatic carbocycles. The van der Waals surface area contributed by atoms with Gasteiger partial charge in [-0.3, -0.25) is 9.69 Å². The number of carboxylic acids is 1. The van der Waals surface area contributed by atoms with Crippen molar-refractivity contribution in [3.8, 4) is 0 Å². The van der Waals surface area contributed by atoms with Crippen molar-refractivity contribution in [2.24, 2.45) is 0 Å². The topological polar surface area (TPSA) is 82.1 Å². The van der Waals surface area contributed by atoms with Crippen molar-refractivity contribution in [1.82, 2.24) is 9.80 Å². The molecule has 0 radical (unpaired) electrons. The molecule has 1 aromatic carbocycles. The van der Waals surface area contributed by atoms with Gasteiger partial charge in [0.1, 0.15) is 0 Å². The number of benzene rings is 1. The van der Waals surface area contributed by atoms with Gasteiger partial charge in [0.2, 0.25) is 0 Å². The minimum absolute atomic E-state index is 0.0405. The zero-order valence-corrected chi connectivity index (χ0v) is 15.2. The second kappa shape index (κ2) is 8.51. The van der Waals surface area contributed by atoms with Gasteiger partial charge in [-0.15, -0.1) is 0 Å². The number of ether oxygens (including phenoxy) is 1. The van der Waals surface area contributed by atoms with E-state index in [1.807, 2.05) is 6.07 Å². The number of morpholine rings is 1. The van der Waals surface area contributed by atoms with E-state index in [4.69, 9.17) is 9.84 Å². The fraction of sp³-hybridized carbons (Fsp3) is 0.579. The molecule has 7 heteroatoms. The Morgan fingerprint density at radius 3 is 2.85 bits per heavy atom. The van der Waals surface area contributed by atoms with E-state index >= 15 is 0 Å². The van der Waals surface area contributed by atoms with Gasteiger partial charge in [-0.25, -0.2) is 4.79 Å². The number of nitrogens with zero attached hydrogens (tertiary/aromatic N) is 2. The van der Waals surface area contributed by atoms with Crippen LogP contribution in [0.2, 0.25) is 0 Å². The number of anilines is 1. The molecule has 1 unspecified atom stereocenters. The summed E-state index contributed by atoms with van der Waals surface area (Å²) in [6, 6.07) is 6.05. The number of carboxylic acid groups (broad SMARTS) is 1. The lowest BCUT2D eigenvalue weighted by Gasteiger charge is -2.34. The van der Waals surface area contributed by atoms with Gasteiger partial charge in [0, 0.05) is 25.3 Å². The summed E-state index contributed by atoms with van der Waals surface area (Å²) in [6.45, 7) is 1.90. The van der Waals surface area contributed by atoms with Crippen LogP contribution in [-0.2, 0) is 22.4 Å². The molecular formula is C19H27N3O4. The normalized spacial score (nSPS) is 19.9. The molecule has 0 saturated carbocycles. The van der Waals surface area contributed by atoms with Crippen molar-refractivity contribution >= 4 is 17.7 Å². The standard InChI is InChI=1S/C19H27N3O4/c1-21(13-18(23)24)11-17-12-22(8-9-26-17)19(25)20-16-7-6-14-4-2-3-5-15(14)10-16/h6-7,10,17H,2-5,8-9,11-13H2,1H3,(H,20,25)(H,23,24). The number of aryl methyl sites for hydroxylation is 2. The second-order valence-electron chi connectivity index (χ2n) is 7.15. The molecule has 2 N–H and O–H groups in total. The Morgan fingerprint density at radius 2 is 2.08 bits per heavy atom. The summed E-state index contributed by atoms with van der Waals surface area (Å²) in [6.07, 6.45) is 4.47. The van der Waals surface area contributed by atoms with Crippen LogP contribution in [0.1, 0.15) is 24.0 Å². The Labute approximate surface area is 153 Å². The van der Waals surface area contributed by atoms with Crippen molar-refractivity contribution in [1.29, 1.82) is 0 Å². The summed E-state index contributed by atoms with van der Waals surface area (Å²) in [5.74, 6) is -0.870. The third-order valence-corrected chi connectivity index (χ3v) is 4.95. The van der Waals surface area contributed by atoms with Crippen LogP contribution in [0.5, 0.6) is 0 Å². The number of aliphatic carboxylic acids is 1. The lowest BCUT2D eigenvalue weighted by Crippen LogP contribution is -2.50. The van der Waals surface area contributed by atoms with Crippen LogP contribution in [0, 0.1) is 0 Å². The quantitative estimate of drug-likeness (QED) is 0.836. The largest absolute Gasteiger partial charge is 0.480 e. The number of carbonyl (C=O) groups is 2. The predicted octanol–water partition coefficient (Wildman–Crippen LogP) is 1.81. The van der Waals surface area contributed by atoms with Crippen molar-refractivity contribution in [3.05, 3.63) is 29.3 Å². The number of amides is 2. The second-order valence-corrected chi connectivity index (χ2v) is 7.15. The third-order valence-electron chi connectivity index (χ3n) is 4.95. The number of fused-ring (bicyclic) bond motifs is 1. The van der Waals surface area contributed by atoms with Gasteiger partial charge in [-0.05, 0) is 56.0 Å². The number of hydrogen-bond acceptors (Lipinski definition) is 4. The molecule has 142 valence electrons. The molecule has 1 aromatic rings. The fourth-order valence-corrected chi connectivity index (χ4v) is 3.67. The number of hydrogen-bond donors (Lipinski definition) is 2. The molecule has 3 rings (SSSR count). The molecule has 1 fully saturated rings. The Bertz CT molecular complexity index is 664. The van der Waals surface area contributed by atoms with Crippen LogP contribution in [0.25, 0.3) is 0 Å². The van der Waals surface area contributed by atoms with Crippen LogP contribution in [-0.4, -0.2) is 72.8 Å². The molecular weight excluding hydrogens is 334 g/mol. The molecule has 1 aliphatic heterocycles. The maximum absolute atomic E-state index is 12.6. The maximum atomic E-state index is 12.6. The van der Waals surface area contributed by atoms with Crippen molar-refractivity contribution < 1.29 is 19.4 Å². The third kappa shape index (κ3) is 4.95. The SMILES string of the molecule is CN(CC(=O)O)CC1CN(C(=O)Nc2ccc3c(c2)CCCC3)CCO1. The molecule has 1 saturated heterocycles. The lowest BCUT2D eigenvalue weighted by atomic mass is 9.91. The summed E-state index contributed by atoms with van der Waals surface area (Å²) in [7, 11) is 1.74. The van der Waals surface area contributed by atoms with E-state index in [9.17, 15) is 9.59 Å². The van der Waals surface area contributed by atoms with E-state index in [1.165, 1.54) is 24.0 Å². The summed E-state index contributed by atoms with van der Waals surface area (Å²) in [4.78, 5) is 26.8. The smallest absolute Gasteiger partial charge is 0.322 e.